The van der Waals surface area contributed by atoms with Crippen molar-refractivity contribution in [3.63, 3.8) is 0 Å². The molecule has 1 N–H and O–H groups in total. The predicted molar refractivity (Wildman–Crippen MR) is 105 cm³/mol. The van der Waals surface area contributed by atoms with Crippen LogP contribution in [0.5, 0.6) is 0 Å². The Kier molecular flexibility index (Phi) is 6.46. The van der Waals surface area contributed by atoms with Crippen LogP contribution in [0.1, 0.15) is 5.56 Å². The van der Waals surface area contributed by atoms with Crippen molar-refractivity contribution >= 4 is 29.2 Å². The monoisotopic (exact) mass is 374 g/mol. The lowest BCUT2D eigenvalue weighted by Gasteiger charge is -2.33. The molecule has 26 heavy (non-hydrogen) atoms. The Morgan fingerprint density at radius 3 is 2.54 bits per heavy atom. The number of amides is 1. The third-order valence-electron chi connectivity index (χ3n) is 4.27. The number of hydrogen-bond donors (Lipinski definition) is 1. The first-order valence-electron chi connectivity index (χ1n) is 8.62. The first-order chi connectivity index (χ1) is 12.6. The molecule has 1 aliphatic rings. The third kappa shape index (κ3) is 5.44. The summed E-state index contributed by atoms with van der Waals surface area (Å²) in [4.78, 5) is 21.1. The molecule has 1 aromatic heterocycles. The summed E-state index contributed by atoms with van der Waals surface area (Å²) in [6.07, 6.45) is 1.70. The molecular formula is C19H23FN4OS. The van der Waals surface area contributed by atoms with Crippen LogP contribution >= 0.6 is 11.8 Å². The minimum Gasteiger partial charge on any atom is -0.354 e. The van der Waals surface area contributed by atoms with E-state index < -0.39 is 0 Å². The van der Waals surface area contributed by atoms with Gasteiger partial charge in [-0.05, 0) is 36.9 Å². The zero-order valence-electron chi connectivity index (χ0n) is 14.8. The zero-order chi connectivity index (χ0) is 18.4. The van der Waals surface area contributed by atoms with Gasteiger partial charge in [-0.25, -0.2) is 9.37 Å². The molecule has 0 bridgehead atoms. The summed E-state index contributed by atoms with van der Waals surface area (Å²) in [5, 5.41) is 2.87. The highest BCUT2D eigenvalue weighted by Crippen LogP contribution is 2.17. The van der Waals surface area contributed by atoms with Gasteiger partial charge >= 0.3 is 0 Å². The van der Waals surface area contributed by atoms with Crippen LogP contribution in [0.4, 0.5) is 15.9 Å². The zero-order valence-corrected chi connectivity index (χ0v) is 15.6. The van der Waals surface area contributed by atoms with Gasteiger partial charge in [0.1, 0.15) is 11.6 Å². The number of thioether (sulfide) groups is 1. The van der Waals surface area contributed by atoms with Crippen LogP contribution in [0.3, 0.4) is 0 Å². The second-order valence-corrected chi connectivity index (χ2v) is 7.35. The molecule has 0 unspecified atom stereocenters. The SMILES string of the molecule is CN1CCN(c2ccc(NC(=O)CSCc3ccc(F)cc3)cn2)CC1. The number of nitrogens with zero attached hydrogens (tertiary/aromatic N) is 3. The molecule has 2 heterocycles. The summed E-state index contributed by atoms with van der Waals surface area (Å²) in [7, 11) is 2.12. The number of hydrogen-bond acceptors (Lipinski definition) is 5. The van der Waals surface area contributed by atoms with E-state index in [-0.39, 0.29) is 11.7 Å². The normalized spacial score (nSPS) is 15.1. The third-order valence-corrected chi connectivity index (χ3v) is 5.28. The Labute approximate surface area is 157 Å². The molecule has 1 fully saturated rings. The maximum absolute atomic E-state index is 12.9. The number of carbonyl (C=O) groups is 1. The fourth-order valence-electron chi connectivity index (χ4n) is 2.72. The minimum absolute atomic E-state index is 0.0636. The number of aromatic nitrogens is 1. The van der Waals surface area contributed by atoms with Crippen LogP contribution < -0.4 is 10.2 Å². The summed E-state index contributed by atoms with van der Waals surface area (Å²) in [5.41, 5.74) is 1.71. The van der Waals surface area contributed by atoms with E-state index in [0.29, 0.717) is 17.2 Å². The van der Waals surface area contributed by atoms with Crippen molar-refractivity contribution in [2.45, 2.75) is 5.75 Å². The summed E-state index contributed by atoms with van der Waals surface area (Å²) >= 11 is 1.50. The Hall–Kier alpha value is -2.12. The minimum atomic E-state index is -0.246. The second kappa shape index (κ2) is 9.00. The molecule has 1 amide bonds. The molecule has 0 aliphatic carbocycles. The standard InChI is InChI=1S/C19H23FN4OS/c1-23-8-10-24(11-9-23)18-7-6-17(12-21-18)22-19(25)14-26-13-15-2-4-16(20)5-3-15/h2-7,12H,8-11,13-14H2,1H3,(H,22,25). The highest BCUT2D eigenvalue weighted by Gasteiger charge is 2.15. The molecule has 1 saturated heterocycles. The molecule has 0 atom stereocenters. The van der Waals surface area contributed by atoms with Crippen molar-refractivity contribution in [3.8, 4) is 0 Å². The molecule has 0 spiro atoms. The lowest BCUT2D eigenvalue weighted by atomic mass is 10.2. The van der Waals surface area contributed by atoms with Crippen LogP contribution in [0.2, 0.25) is 0 Å². The van der Waals surface area contributed by atoms with Crippen molar-refractivity contribution in [2.75, 3.05) is 49.2 Å². The lowest BCUT2D eigenvalue weighted by molar-refractivity contribution is -0.113. The molecule has 5 nitrogen and oxygen atoms in total. The Morgan fingerprint density at radius 2 is 1.88 bits per heavy atom. The van der Waals surface area contributed by atoms with Gasteiger partial charge in [0, 0.05) is 31.9 Å². The van der Waals surface area contributed by atoms with E-state index in [1.54, 1.807) is 18.3 Å². The maximum atomic E-state index is 12.9. The van der Waals surface area contributed by atoms with Gasteiger partial charge in [0.15, 0.2) is 0 Å². The number of pyridine rings is 1. The summed E-state index contributed by atoms with van der Waals surface area (Å²) in [5.74, 6) is 1.66. The number of piperazine rings is 1. The molecule has 0 saturated carbocycles. The van der Waals surface area contributed by atoms with Gasteiger partial charge in [0.2, 0.25) is 5.91 Å². The van der Waals surface area contributed by atoms with Gasteiger partial charge in [0.25, 0.3) is 0 Å². The van der Waals surface area contributed by atoms with E-state index in [4.69, 9.17) is 0 Å². The number of halogens is 1. The van der Waals surface area contributed by atoms with Gasteiger partial charge in [-0.2, -0.15) is 0 Å². The van der Waals surface area contributed by atoms with E-state index in [1.165, 1.54) is 23.9 Å². The van der Waals surface area contributed by atoms with Gasteiger partial charge < -0.3 is 15.1 Å². The average molecular weight is 374 g/mol. The number of likely N-dealkylation sites (N-methyl/N-ethyl adjacent to an activating group) is 1. The average Bonchev–Trinajstić information content (AvgIpc) is 2.65. The van der Waals surface area contributed by atoms with Crippen LogP contribution in [-0.4, -0.2) is 54.8 Å². The Bertz CT molecular complexity index is 715. The molecular weight excluding hydrogens is 351 g/mol. The summed E-state index contributed by atoms with van der Waals surface area (Å²) in [6.45, 7) is 4.00. The predicted octanol–water partition coefficient (Wildman–Crippen LogP) is 2.84. The van der Waals surface area contributed by atoms with Gasteiger partial charge in [0.05, 0.1) is 17.6 Å². The molecule has 138 valence electrons. The Balaban J connectivity index is 1.43. The summed E-state index contributed by atoms with van der Waals surface area (Å²) in [6, 6.07) is 10.2. The molecule has 7 heteroatoms. The first kappa shape index (κ1) is 18.7. The van der Waals surface area contributed by atoms with Crippen molar-refractivity contribution < 1.29 is 9.18 Å². The fourth-order valence-corrected chi connectivity index (χ4v) is 3.51. The van der Waals surface area contributed by atoms with Gasteiger partial charge in [-0.15, -0.1) is 11.8 Å². The van der Waals surface area contributed by atoms with Gasteiger partial charge in [-0.1, -0.05) is 12.1 Å². The molecule has 3 rings (SSSR count). The number of anilines is 2. The van der Waals surface area contributed by atoms with Crippen LogP contribution in [0.25, 0.3) is 0 Å². The molecule has 0 radical (unpaired) electrons. The largest absolute Gasteiger partial charge is 0.354 e. The maximum Gasteiger partial charge on any atom is 0.234 e. The van der Waals surface area contributed by atoms with E-state index >= 15 is 0 Å². The topological polar surface area (TPSA) is 48.5 Å². The van der Waals surface area contributed by atoms with Crippen molar-refractivity contribution in [1.29, 1.82) is 0 Å². The quantitative estimate of drug-likeness (QED) is 0.843. The van der Waals surface area contributed by atoms with Crippen LogP contribution in [-0.2, 0) is 10.5 Å². The smallest absolute Gasteiger partial charge is 0.234 e. The fraction of sp³-hybridized carbons (Fsp3) is 0.368. The molecule has 1 aliphatic heterocycles. The highest BCUT2D eigenvalue weighted by molar-refractivity contribution is 7.99. The lowest BCUT2D eigenvalue weighted by Crippen LogP contribution is -2.44. The van der Waals surface area contributed by atoms with Gasteiger partial charge in [-0.3, -0.25) is 4.79 Å². The second-order valence-electron chi connectivity index (χ2n) is 6.36. The van der Waals surface area contributed by atoms with Crippen molar-refractivity contribution in [1.82, 2.24) is 9.88 Å². The van der Waals surface area contributed by atoms with E-state index in [1.807, 2.05) is 12.1 Å². The van der Waals surface area contributed by atoms with E-state index in [9.17, 15) is 9.18 Å². The number of rotatable bonds is 6. The number of benzene rings is 1. The Morgan fingerprint density at radius 1 is 1.15 bits per heavy atom. The number of carbonyl (C=O) groups excluding carboxylic acids is 1. The molecule has 1 aromatic carbocycles. The van der Waals surface area contributed by atoms with Crippen molar-refractivity contribution in [3.05, 3.63) is 54.0 Å². The molecule has 2 aromatic rings. The number of nitrogens with one attached hydrogen (secondary N) is 1. The van der Waals surface area contributed by atoms with E-state index in [2.05, 4.69) is 27.1 Å². The highest BCUT2D eigenvalue weighted by atomic mass is 32.2. The van der Waals surface area contributed by atoms with Crippen LogP contribution in [0, 0.1) is 5.82 Å². The van der Waals surface area contributed by atoms with Crippen LogP contribution in [0.15, 0.2) is 42.6 Å². The van der Waals surface area contributed by atoms with E-state index in [0.717, 1.165) is 37.6 Å². The van der Waals surface area contributed by atoms with Crippen molar-refractivity contribution in [2.24, 2.45) is 0 Å². The summed E-state index contributed by atoms with van der Waals surface area (Å²) < 4.78 is 12.9. The first-order valence-corrected chi connectivity index (χ1v) is 9.77.